The quantitative estimate of drug-likeness (QED) is 0.573. The van der Waals surface area contributed by atoms with Gasteiger partial charge in [0.15, 0.2) is 0 Å². The molecule has 2 N–H and O–H groups in total. The van der Waals surface area contributed by atoms with E-state index < -0.39 is 11.5 Å². The van der Waals surface area contributed by atoms with Gasteiger partial charge in [0.1, 0.15) is 5.54 Å². The summed E-state index contributed by atoms with van der Waals surface area (Å²) in [5, 5.41) is 12.8. The van der Waals surface area contributed by atoms with E-state index >= 15 is 0 Å². The summed E-state index contributed by atoms with van der Waals surface area (Å²) in [6, 6.07) is 0.898. The standard InChI is InChI=1S/C16H32N2O2/c1-5-6-7-11-18(13(2)3)12-10-16(4,15(19)20)17-14-8-9-14/h13-14,17H,5-12H2,1-4H3,(H,19,20). The van der Waals surface area contributed by atoms with Gasteiger partial charge < -0.3 is 10.0 Å². The van der Waals surface area contributed by atoms with Gasteiger partial charge in [-0.15, -0.1) is 0 Å². The molecule has 0 radical (unpaired) electrons. The van der Waals surface area contributed by atoms with E-state index in [4.69, 9.17) is 0 Å². The minimum absolute atomic E-state index is 0.420. The predicted molar refractivity (Wildman–Crippen MR) is 83.0 cm³/mol. The van der Waals surface area contributed by atoms with E-state index in [9.17, 15) is 9.90 Å². The minimum atomic E-state index is -0.779. The molecule has 20 heavy (non-hydrogen) atoms. The van der Waals surface area contributed by atoms with Crippen molar-refractivity contribution >= 4 is 5.97 Å². The Balaban J connectivity index is 2.47. The predicted octanol–water partition coefficient (Wildman–Crippen LogP) is 2.87. The van der Waals surface area contributed by atoms with Crippen LogP contribution in [0.15, 0.2) is 0 Å². The normalized spacial score (nSPS) is 18.5. The third kappa shape index (κ3) is 5.80. The van der Waals surface area contributed by atoms with E-state index in [0.717, 1.165) is 25.9 Å². The van der Waals surface area contributed by atoms with Crippen LogP contribution in [0.2, 0.25) is 0 Å². The number of carboxylic acids is 1. The lowest BCUT2D eigenvalue weighted by molar-refractivity contribution is -0.144. The molecular weight excluding hydrogens is 252 g/mol. The van der Waals surface area contributed by atoms with Crippen molar-refractivity contribution in [2.75, 3.05) is 13.1 Å². The number of carbonyl (C=O) groups is 1. The van der Waals surface area contributed by atoms with Gasteiger partial charge in [-0.2, -0.15) is 0 Å². The van der Waals surface area contributed by atoms with Crippen molar-refractivity contribution in [3.05, 3.63) is 0 Å². The molecular formula is C16H32N2O2. The summed E-state index contributed by atoms with van der Waals surface area (Å²) >= 11 is 0. The molecule has 0 amide bonds. The minimum Gasteiger partial charge on any atom is -0.480 e. The highest BCUT2D eigenvalue weighted by Crippen LogP contribution is 2.24. The first kappa shape index (κ1) is 17.4. The third-order valence-corrected chi connectivity index (χ3v) is 4.25. The SMILES string of the molecule is CCCCCN(CCC(C)(NC1CC1)C(=O)O)C(C)C. The number of rotatable bonds is 11. The molecule has 1 saturated carbocycles. The van der Waals surface area contributed by atoms with Gasteiger partial charge in [-0.05, 0) is 53.0 Å². The maximum atomic E-state index is 11.5. The molecule has 0 saturated heterocycles. The molecule has 1 unspecified atom stereocenters. The van der Waals surface area contributed by atoms with Gasteiger partial charge >= 0.3 is 5.97 Å². The maximum absolute atomic E-state index is 11.5. The number of aliphatic carboxylic acids is 1. The largest absolute Gasteiger partial charge is 0.480 e. The number of nitrogens with zero attached hydrogens (tertiary/aromatic N) is 1. The Morgan fingerprint density at radius 3 is 2.45 bits per heavy atom. The van der Waals surface area contributed by atoms with Gasteiger partial charge in [0, 0.05) is 18.6 Å². The molecule has 4 heteroatoms. The summed E-state index contributed by atoms with van der Waals surface area (Å²) in [6.07, 6.45) is 6.58. The van der Waals surface area contributed by atoms with Gasteiger partial charge in [0.25, 0.3) is 0 Å². The summed E-state index contributed by atoms with van der Waals surface area (Å²) in [5.41, 5.74) is -0.779. The molecule has 4 nitrogen and oxygen atoms in total. The van der Waals surface area contributed by atoms with Crippen molar-refractivity contribution in [1.29, 1.82) is 0 Å². The fourth-order valence-corrected chi connectivity index (χ4v) is 2.48. The smallest absolute Gasteiger partial charge is 0.323 e. The summed E-state index contributed by atoms with van der Waals surface area (Å²) in [4.78, 5) is 14.0. The molecule has 118 valence electrons. The fourth-order valence-electron chi connectivity index (χ4n) is 2.48. The van der Waals surface area contributed by atoms with Crippen molar-refractivity contribution < 1.29 is 9.90 Å². The summed E-state index contributed by atoms with van der Waals surface area (Å²) in [7, 11) is 0. The highest BCUT2D eigenvalue weighted by molar-refractivity contribution is 5.78. The summed E-state index contributed by atoms with van der Waals surface area (Å²) in [6.45, 7) is 10.4. The molecule has 1 aliphatic rings. The van der Waals surface area contributed by atoms with Gasteiger partial charge in [-0.25, -0.2) is 0 Å². The lowest BCUT2D eigenvalue weighted by Gasteiger charge is -2.32. The van der Waals surface area contributed by atoms with E-state index in [0.29, 0.717) is 18.5 Å². The molecule has 0 bridgehead atoms. The second kappa shape index (κ2) is 7.99. The average Bonchev–Trinajstić information content (AvgIpc) is 3.16. The molecule has 1 fully saturated rings. The zero-order valence-corrected chi connectivity index (χ0v) is 13.6. The molecule has 0 aromatic carbocycles. The van der Waals surface area contributed by atoms with Crippen LogP contribution in [0.25, 0.3) is 0 Å². The first-order chi connectivity index (χ1) is 9.39. The number of hydrogen-bond acceptors (Lipinski definition) is 3. The van der Waals surface area contributed by atoms with Crippen LogP contribution >= 0.6 is 0 Å². The van der Waals surface area contributed by atoms with Crippen LogP contribution in [-0.2, 0) is 4.79 Å². The van der Waals surface area contributed by atoms with Crippen LogP contribution in [0.1, 0.15) is 66.2 Å². The zero-order valence-electron chi connectivity index (χ0n) is 13.6. The second-order valence-corrected chi connectivity index (χ2v) is 6.64. The molecule has 0 aromatic heterocycles. The lowest BCUT2D eigenvalue weighted by atomic mass is 9.97. The summed E-state index contributed by atoms with van der Waals surface area (Å²) in [5.74, 6) is -0.721. The lowest BCUT2D eigenvalue weighted by Crippen LogP contribution is -2.52. The monoisotopic (exact) mass is 284 g/mol. The van der Waals surface area contributed by atoms with Crippen LogP contribution in [0.5, 0.6) is 0 Å². The van der Waals surface area contributed by atoms with Crippen molar-refractivity contribution in [3.8, 4) is 0 Å². The van der Waals surface area contributed by atoms with Gasteiger partial charge in [-0.1, -0.05) is 19.8 Å². The van der Waals surface area contributed by atoms with E-state index in [2.05, 4.69) is 31.0 Å². The second-order valence-electron chi connectivity index (χ2n) is 6.64. The number of unbranched alkanes of at least 4 members (excludes halogenated alkanes) is 2. The van der Waals surface area contributed by atoms with Gasteiger partial charge in [0.2, 0.25) is 0 Å². The number of hydrogen-bond donors (Lipinski definition) is 2. The molecule has 1 rings (SSSR count). The van der Waals surface area contributed by atoms with Crippen molar-refractivity contribution in [2.24, 2.45) is 0 Å². The summed E-state index contributed by atoms with van der Waals surface area (Å²) < 4.78 is 0. The molecule has 0 aliphatic heterocycles. The van der Waals surface area contributed by atoms with E-state index in [1.807, 2.05) is 6.92 Å². The van der Waals surface area contributed by atoms with Crippen LogP contribution in [0.3, 0.4) is 0 Å². The molecule has 1 atom stereocenters. The molecule has 0 spiro atoms. The molecule has 1 aliphatic carbocycles. The van der Waals surface area contributed by atoms with Crippen LogP contribution in [-0.4, -0.2) is 46.7 Å². The molecule has 0 heterocycles. The van der Waals surface area contributed by atoms with Crippen LogP contribution in [0, 0.1) is 0 Å². The highest BCUT2D eigenvalue weighted by atomic mass is 16.4. The highest BCUT2D eigenvalue weighted by Gasteiger charge is 2.38. The number of carboxylic acid groups (broad SMARTS) is 1. The van der Waals surface area contributed by atoms with Crippen molar-refractivity contribution in [2.45, 2.75) is 83.8 Å². The molecule has 0 aromatic rings. The zero-order chi connectivity index (χ0) is 15.2. The van der Waals surface area contributed by atoms with E-state index in [-0.39, 0.29) is 0 Å². The van der Waals surface area contributed by atoms with Gasteiger partial charge in [-0.3, -0.25) is 10.1 Å². The van der Waals surface area contributed by atoms with Crippen molar-refractivity contribution in [3.63, 3.8) is 0 Å². The Labute approximate surface area is 123 Å². The Morgan fingerprint density at radius 1 is 1.35 bits per heavy atom. The first-order valence-electron chi connectivity index (χ1n) is 8.14. The first-order valence-corrected chi connectivity index (χ1v) is 8.14. The van der Waals surface area contributed by atoms with E-state index in [1.54, 1.807) is 0 Å². The maximum Gasteiger partial charge on any atom is 0.323 e. The average molecular weight is 284 g/mol. The van der Waals surface area contributed by atoms with E-state index in [1.165, 1.54) is 19.3 Å². The topological polar surface area (TPSA) is 52.6 Å². The Morgan fingerprint density at radius 2 is 2.00 bits per heavy atom. The van der Waals surface area contributed by atoms with Gasteiger partial charge in [0.05, 0.1) is 0 Å². The third-order valence-electron chi connectivity index (χ3n) is 4.25. The van der Waals surface area contributed by atoms with Crippen LogP contribution < -0.4 is 5.32 Å². The van der Waals surface area contributed by atoms with Crippen molar-refractivity contribution in [1.82, 2.24) is 10.2 Å². The Bertz CT molecular complexity index is 303. The Hall–Kier alpha value is -0.610. The number of nitrogens with one attached hydrogen (secondary N) is 1. The Kier molecular flexibility index (Phi) is 6.96. The fraction of sp³-hybridized carbons (Fsp3) is 0.938. The van der Waals surface area contributed by atoms with Crippen LogP contribution in [0.4, 0.5) is 0 Å².